The Labute approximate surface area is 305 Å². The van der Waals surface area contributed by atoms with Crippen molar-refractivity contribution < 1.29 is 18.1 Å². The smallest absolute Gasteiger partial charge is 0.238 e. The number of fused-ring (bicyclic) bond motifs is 10. The molecule has 6 heteroatoms. The summed E-state index contributed by atoms with van der Waals surface area (Å²) in [4.78, 5) is 14.3. The van der Waals surface area contributed by atoms with Crippen molar-refractivity contribution in [1.82, 2.24) is 24.1 Å². The first kappa shape index (κ1) is 19.8. The molecule has 0 N–H and O–H groups in total. The van der Waals surface area contributed by atoms with Crippen molar-refractivity contribution in [1.29, 1.82) is 0 Å². The van der Waals surface area contributed by atoms with Crippen LogP contribution in [0.2, 0.25) is 0 Å². The van der Waals surface area contributed by atoms with Gasteiger partial charge in [-0.1, -0.05) is 133 Å². The van der Waals surface area contributed by atoms with Crippen LogP contribution < -0.4 is 0 Å². The maximum Gasteiger partial charge on any atom is 0.238 e. The number of hydrogen-bond acceptors (Lipinski definition) is 4. The van der Waals surface area contributed by atoms with Crippen LogP contribution in [-0.2, 0) is 0 Å². The molecule has 0 saturated heterocycles. The van der Waals surface area contributed by atoms with Gasteiger partial charge in [-0.25, -0.2) is 4.98 Å². The van der Waals surface area contributed by atoms with Crippen LogP contribution in [-0.4, -0.2) is 24.1 Å². The zero-order chi connectivity index (χ0) is 42.2. The normalized spacial score (nSPS) is 14.7. The number of furan rings is 1. The van der Waals surface area contributed by atoms with E-state index < -0.39 is 60.4 Å². The second-order valence-electron chi connectivity index (χ2n) is 12.1. The Morgan fingerprint density at radius 2 is 0.980 bits per heavy atom. The SMILES string of the molecule is [2H]c1c([2H])c([2H])c(-c2nc(-c3c([2H])c([2H])c([2H])c([2H])c3[2H])nc(-n3c4ccccc4c4ccc5c6ccccc6n(-c6cccc7oc8ccccc8c67)c5c43)n2)c([2H])c1[2H]. The fourth-order valence-electron chi connectivity index (χ4n) is 7.31. The molecule has 0 radical (unpaired) electrons. The first-order valence-electron chi connectivity index (χ1n) is 21.2. The second-order valence-corrected chi connectivity index (χ2v) is 12.1. The van der Waals surface area contributed by atoms with Crippen molar-refractivity contribution in [2.45, 2.75) is 0 Å². The number of para-hydroxylation sites is 3. The molecule has 4 heterocycles. The number of rotatable bonds is 4. The Hall–Kier alpha value is -7.05. The Kier molecular flexibility index (Phi) is 4.17. The van der Waals surface area contributed by atoms with Crippen LogP contribution in [0.25, 0.3) is 100.0 Å². The van der Waals surface area contributed by atoms with E-state index in [1.54, 1.807) is 4.57 Å². The summed E-state index contributed by atoms with van der Waals surface area (Å²) in [5.74, 6) is -0.782. The summed E-state index contributed by atoms with van der Waals surface area (Å²) in [6.07, 6.45) is 0. The Bertz CT molecular complexity index is 3600. The van der Waals surface area contributed by atoms with Gasteiger partial charge in [0.25, 0.3) is 0 Å². The summed E-state index contributed by atoms with van der Waals surface area (Å²) in [5.41, 5.74) is 4.52. The number of aromatic nitrogens is 5. The van der Waals surface area contributed by atoms with Crippen molar-refractivity contribution in [3.63, 3.8) is 0 Å². The molecule has 7 aromatic carbocycles. The average Bonchev–Trinajstić information content (AvgIpc) is 3.94. The summed E-state index contributed by atoms with van der Waals surface area (Å²) in [6.45, 7) is 0. The summed E-state index contributed by atoms with van der Waals surface area (Å²) in [5, 5.41) is 5.30. The van der Waals surface area contributed by atoms with Crippen LogP contribution in [0, 0.1) is 0 Å². The molecule has 0 atom stereocenters. The van der Waals surface area contributed by atoms with E-state index >= 15 is 0 Å². The zero-order valence-corrected chi connectivity index (χ0v) is 26.5. The molecule has 0 spiro atoms. The van der Waals surface area contributed by atoms with E-state index in [9.17, 15) is 0 Å². The lowest BCUT2D eigenvalue weighted by atomic mass is 10.1. The predicted molar refractivity (Wildman–Crippen MR) is 207 cm³/mol. The third kappa shape index (κ3) is 4.07. The lowest BCUT2D eigenvalue weighted by Gasteiger charge is -2.14. The molecule has 0 bridgehead atoms. The number of hydrogen-bond donors (Lipinski definition) is 0. The van der Waals surface area contributed by atoms with Gasteiger partial charge in [0.2, 0.25) is 5.95 Å². The Balaban J connectivity index is 1.35. The predicted octanol–water partition coefficient (Wildman–Crippen LogP) is 11.3. The lowest BCUT2D eigenvalue weighted by Crippen LogP contribution is -2.07. The minimum absolute atomic E-state index is 0.0823. The first-order valence-corrected chi connectivity index (χ1v) is 16.2. The third-order valence-electron chi connectivity index (χ3n) is 9.36. The fraction of sp³-hybridized carbons (Fsp3) is 0. The van der Waals surface area contributed by atoms with Crippen molar-refractivity contribution in [2.24, 2.45) is 0 Å². The molecule has 11 aromatic rings. The van der Waals surface area contributed by atoms with Gasteiger partial charge in [0.15, 0.2) is 11.6 Å². The van der Waals surface area contributed by atoms with Crippen molar-refractivity contribution in [3.8, 4) is 34.4 Å². The fourth-order valence-corrected chi connectivity index (χ4v) is 7.31. The standard InChI is InChI=1S/C45H27N5O/c1-3-14-28(15-4-1)43-46-44(29-16-5-2-6-17-29)48-45(47-43)50-36-22-11-8-19-31(36)33-27-26-32-30-18-7-10-21-35(30)49(41(32)42(33)50)37-23-13-25-39-40(37)34-20-9-12-24-38(34)51-39/h1-27H/i1D,2D,3D,4D,5D,6D,14D,15D,16D,17D. The van der Waals surface area contributed by atoms with Gasteiger partial charge in [0.1, 0.15) is 11.2 Å². The van der Waals surface area contributed by atoms with Gasteiger partial charge in [0.05, 0.1) is 46.8 Å². The largest absolute Gasteiger partial charge is 0.456 e. The van der Waals surface area contributed by atoms with Crippen molar-refractivity contribution in [2.75, 3.05) is 0 Å². The molecule has 238 valence electrons. The van der Waals surface area contributed by atoms with Crippen LogP contribution in [0.5, 0.6) is 0 Å². The minimum Gasteiger partial charge on any atom is -0.456 e. The first-order chi connectivity index (χ1) is 29.5. The molecule has 0 aliphatic rings. The third-order valence-corrected chi connectivity index (χ3v) is 9.36. The molecule has 0 unspecified atom stereocenters. The molecular weight excluding hydrogens is 627 g/mol. The molecule has 0 aliphatic heterocycles. The quantitative estimate of drug-likeness (QED) is 0.188. The molecule has 11 rings (SSSR count). The Morgan fingerprint density at radius 3 is 1.63 bits per heavy atom. The van der Waals surface area contributed by atoms with E-state index in [0.717, 1.165) is 54.6 Å². The number of benzene rings is 7. The van der Waals surface area contributed by atoms with Crippen LogP contribution >= 0.6 is 0 Å². The van der Waals surface area contributed by atoms with E-state index in [2.05, 4.69) is 21.7 Å². The lowest BCUT2D eigenvalue weighted by molar-refractivity contribution is 0.669. The van der Waals surface area contributed by atoms with Crippen LogP contribution in [0.1, 0.15) is 13.7 Å². The zero-order valence-electron chi connectivity index (χ0n) is 36.5. The molecule has 4 aromatic heterocycles. The minimum atomic E-state index is -0.619. The van der Waals surface area contributed by atoms with Gasteiger partial charge in [0, 0.05) is 38.1 Å². The number of nitrogens with zero attached hydrogens (tertiary/aromatic N) is 5. The Morgan fingerprint density at radius 1 is 0.451 bits per heavy atom. The maximum atomic E-state index is 8.89. The molecule has 0 fully saturated rings. The monoisotopic (exact) mass is 663 g/mol. The van der Waals surface area contributed by atoms with E-state index in [1.165, 1.54) is 0 Å². The highest BCUT2D eigenvalue weighted by atomic mass is 16.3. The second kappa shape index (κ2) is 10.7. The molecular formula is C45H27N5O. The molecule has 0 amide bonds. The van der Waals surface area contributed by atoms with E-state index in [1.807, 2.05) is 91.0 Å². The van der Waals surface area contributed by atoms with Gasteiger partial charge in [-0.2, -0.15) is 9.97 Å². The molecule has 6 nitrogen and oxygen atoms in total. The van der Waals surface area contributed by atoms with Gasteiger partial charge in [-0.05, 0) is 30.3 Å². The van der Waals surface area contributed by atoms with Crippen LogP contribution in [0.4, 0.5) is 0 Å². The van der Waals surface area contributed by atoms with Crippen molar-refractivity contribution >= 4 is 65.6 Å². The van der Waals surface area contributed by atoms with Crippen molar-refractivity contribution in [3.05, 3.63) is 164 Å². The van der Waals surface area contributed by atoms with Crippen LogP contribution in [0.3, 0.4) is 0 Å². The molecule has 0 saturated carbocycles. The molecule has 0 aliphatic carbocycles. The van der Waals surface area contributed by atoms with E-state index in [0.29, 0.717) is 16.6 Å². The summed E-state index contributed by atoms with van der Waals surface area (Å²) >= 11 is 0. The van der Waals surface area contributed by atoms with Gasteiger partial charge >= 0.3 is 0 Å². The summed E-state index contributed by atoms with van der Waals surface area (Å²) in [7, 11) is 0. The van der Waals surface area contributed by atoms with Gasteiger partial charge in [-0.3, -0.25) is 4.57 Å². The topological polar surface area (TPSA) is 61.7 Å². The van der Waals surface area contributed by atoms with Crippen LogP contribution in [0.15, 0.2) is 168 Å². The summed E-state index contributed by atoms with van der Waals surface area (Å²) < 4.78 is 96.3. The average molecular weight is 664 g/mol. The highest BCUT2D eigenvalue weighted by Crippen LogP contribution is 2.43. The van der Waals surface area contributed by atoms with Gasteiger partial charge in [-0.15, -0.1) is 0 Å². The highest BCUT2D eigenvalue weighted by Gasteiger charge is 2.24. The van der Waals surface area contributed by atoms with Gasteiger partial charge < -0.3 is 8.98 Å². The summed E-state index contributed by atoms with van der Waals surface area (Å²) in [6, 6.07) is 27.5. The van der Waals surface area contributed by atoms with E-state index in [4.69, 9.17) is 28.1 Å². The maximum absolute atomic E-state index is 8.89. The molecule has 51 heavy (non-hydrogen) atoms. The highest BCUT2D eigenvalue weighted by molar-refractivity contribution is 6.24. The van der Waals surface area contributed by atoms with E-state index in [-0.39, 0.29) is 28.7 Å².